The van der Waals surface area contributed by atoms with Gasteiger partial charge in [0.1, 0.15) is 0 Å². The molecule has 0 aromatic heterocycles. The lowest BCUT2D eigenvalue weighted by Crippen LogP contribution is -1.86. The molecule has 0 N–H and O–H groups in total. The maximum absolute atomic E-state index is 2.40. The van der Waals surface area contributed by atoms with Gasteiger partial charge in [0, 0.05) is 0 Å². The Hall–Kier alpha value is -1.82. The molecule has 3 rings (SSSR count). The molecule has 1 aromatic carbocycles. The van der Waals surface area contributed by atoms with Crippen LogP contribution in [0.3, 0.4) is 0 Å². The van der Waals surface area contributed by atoms with Crippen LogP contribution in [0.2, 0.25) is 0 Å². The minimum absolute atomic E-state index is 0.814. The molecule has 0 saturated heterocycles. The first-order chi connectivity index (χ1) is 9.92. The highest BCUT2D eigenvalue weighted by Crippen LogP contribution is 2.27. The van der Waals surface area contributed by atoms with Gasteiger partial charge in [0.05, 0.1) is 0 Å². The quantitative estimate of drug-likeness (QED) is 0.646. The number of rotatable bonds is 3. The van der Waals surface area contributed by atoms with Crippen molar-refractivity contribution < 1.29 is 0 Å². The molecule has 0 atom stereocenters. The van der Waals surface area contributed by atoms with E-state index in [0.717, 1.165) is 12.3 Å². The van der Waals surface area contributed by atoms with Crippen molar-refractivity contribution in [3.05, 3.63) is 71.8 Å². The van der Waals surface area contributed by atoms with E-state index in [9.17, 15) is 0 Å². The van der Waals surface area contributed by atoms with Crippen molar-refractivity contribution in [2.45, 2.75) is 32.1 Å². The minimum atomic E-state index is 0.814. The smallest absolute Gasteiger partial charge is 0.00884 e. The number of hydrogen-bond acceptors (Lipinski definition) is 0. The predicted molar refractivity (Wildman–Crippen MR) is 88.3 cm³/mol. The molecule has 1 aromatic rings. The summed E-state index contributed by atoms with van der Waals surface area (Å²) in [6, 6.07) is 8.96. The predicted octanol–water partition coefficient (Wildman–Crippen LogP) is 5.79. The second-order valence-electron chi connectivity index (χ2n) is 5.73. The Morgan fingerprint density at radius 1 is 0.900 bits per heavy atom. The second-order valence-corrected chi connectivity index (χ2v) is 5.73. The highest BCUT2D eigenvalue weighted by molar-refractivity contribution is 5.70. The summed E-state index contributed by atoms with van der Waals surface area (Å²) in [4.78, 5) is 0. The van der Waals surface area contributed by atoms with Gasteiger partial charge in [-0.05, 0) is 41.9 Å². The third kappa shape index (κ3) is 3.39. The Kier molecular flexibility index (Phi) is 4.32. The van der Waals surface area contributed by atoms with Crippen molar-refractivity contribution in [2.75, 3.05) is 0 Å². The van der Waals surface area contributed by atoms with E-state index in [1.807, 2.05) is 0 Å². The summed E-state index contributed by atoms with van der Waals surface area (Å²) < 4.78 is 0. The first kappa shape index (κ1) is 13.2. The zero-order valence-electron chi connectivity index (χ0n) is 12.0. The summed E-state index contributed by atoms with van der Waals surface area (Å²) in [7, 11) is 0. The van der Waals surface area contributed by atoms with Gasteiger partial charge in [0.15, 0.2) is 0 Å². The Labute approximate surface area is 122 Å². The van der Waals surface area contributed by atoms with E-state index < -0.39 is 0 Å². The van der Waals surface area contributed by atoms with Crippen molar-refractivity contribution in [2.24, 2.45) is 5.92 Å². The third-order valence-electron chi connectivity index (χ3n) is 4.24. The molecule has 2 aliphatic rings. The zero-order chi connectivity index (χ0) is 13.6. The van der Waals surface area contributed by atoms with Crippen molar-refractivity contribution >= 4 is 11.6 Å². The summed E-state index contributed by atoms with van der Waals surface area (Å²) >= 11 is 0. The lowest BCUT2D eigenvalue weighted by Gasteiger charge is -2.05. The van der Waals surface area contributed by atoms with E-state index in [1.165, 1.54) is 42.4 Å². The first-order valence-corrected chi connectivity index (χ1v) is 7.73. The molecule has 2 aliphatic carbocycles. The molecular formula is C20H22. The van der Waals surface area contributed by atoms with Crippen LogP contribution in [-0.2, 0) is 0 Å². The zero-order valence-corrected chi connectivity index (χ0v) is 12.0. The van der Waals surface area contributed by atoms with Crippen LogP contribution in [0, 0.1) is 5.92 Å². The van der Waals surface area contributed by atoms with Crippen LogP contribution in [0.25, 0.3) is 11.6 Å². The molecule has 0 spiro atoms. The largest absolute Gasteiger partial charge is 0.0808 e. The van der Waals surface area contributed by atoms with Crippen LogP contribution in [-0.4, -0.2) is 0 Å². The van der Waals surface area contributed by atoms with Crippen LogP contribution in [0.15, 0.2) is 60.7 Å². The molecule has 0 bridgehead atoms. The van der Waals surface area contributed by atoms with Gasteiger partial charge in [-0.1, -0.05) is 79.6 Å². The van der Waals surface area contributed by atoms with Crippen LogP contribution >= 0.6 is 0 Å². The van der Waals surface area contributed by atoms with Crippen molar-refractivity contribution in [1.29, 1.82) is 0 Å². The van der Waals surface area contributed by atoms with E-state index in [0.29, 0.717) is 0 Å². The van der Waals surface area contributed by atoms with Crippen LogP contribution in [0.5, 0.6) is 0 Å². The molecule has 1 saturated carbocycles. The van der Waals surface area contributed by atoms with Gasteiger partial charge in [0.2, 0.25) is 0 Å². The molecule has 0 radical (unpaired) electrons. The molecule has 0 amide bonds. The summed E-state index contributed by atoms with van der Waals surface area (Å²) in [5.74, 6) is 0.814. The fraction of sp³-hybridized carbons (Fsp3) is 0.300. The van der Waals surface area contributed by atoms with Crippen LogP contribution in [0.1, 0.15) is 43.2 Å². The van der Waals surface area contributed by atoms with Crippen LogP contribution < -0.4 is 0 Å². The maximum Gasteiger partial charge on any atom is -0.00884 e. The Morgan fingerprint density at radius 2 is 1.70 bits per heavy atom. The second kappa shape index (κ2) is 6.56. The van der Waals surface area contributed by atoms with Crippen molar-refractivity contribution in [1.82, 2.24) is 0 Å². The van der Waals surface area contributed by atoms with E-state index in [2.05, 4.69) is 66.8 Å². The van der Waals surface area contributed by atoms with Gasteiger partial charge in [-0.25, -0.2) is 0 Å². The number of benzene rings is 1. The Balaban J connectivity index is 1.69. The van der Waals surface area contributed by atoms with E-state index in [1.54, 1.807) is 0 Å². The number of hydrogen-bond donors (Lipinski definition) is 0. The van der Waals surface area contributed by atoms with E-state index in [-0.39, 0.29) is 0 Å². The van der Waals surface area contributed by atoms with Gasteiger partial charge < -0.3 is 0 Å². The highest BCUT2D eigenvalue weighted by Gasteiger charge is 2.10. The lowest BCUT2D eigenvalue weighted by molar-refractivity contribution is 0.689. The summed E-state index contributed by atoms with van der Waals surface area (Å²) in [6.45, 7) is 0. The molecule has 1 fully saturated rings. The average Bonchev–Trinajstić information content (AvgIpc) is 2.86. The normalized spacial score (nSPS) is 19.5. The Bertz CT molecular complexity index is 546. The molecule has 102 valence electrons. The fourth-order valence-corrected chi connectivity index (χ4v) is 3.00. The minimum Gasteiger partial charge on any atom is -0.0808 e. The van der Waals surface area contributed by atoms with E-state index >= 15 is 0 Å². The molecule has 0 heterocycles. The summed E-state index contributed by atoms with van der Waals surface area (Å²) in [5.41, 5.74) is 4.04. The number of allylic oxidation sites excluding steroid dienone is 7. The lowest BCUT2D eigenvalue weighted by atomic mass is 10.0. The fourth-order valence-electron chi connectivity index (χ4n) is 3.00. The van der Waals surface area contributed by atoms with Gasteiger partial charge in [-0.15, -0.1) is 0 Å². The van der Waals surface area contributed by atoms with Gasteiger partial charge in [0.25, 0.3) is 0 Å². The summed E-state index contributed by atoms with van der Waals surface area (Å²) in [5, 5.41) is 0. The van der Waals surface area contributed by atoms with Crippen molar-refractivity contribution in [3.63, 3.8) is 0 Å². The van der Waals surface area contributed by atoms with Gasteiger partial charge in [-0.2, -0.15) is 0 Å². The highest BCUT2D eigenvalue weighted by atomic mass is 14.2. The van der Waals surface area contributed by atoms with Gasteiger partial charge in [-0.3, -0.25) is 0 Å². The average molecular weight is 262 g/mol. The Morgan fingerprint density at radius 3 is 2.50 bits per heavy atom. The molecule has 0 aliphatic heterocycles. The molecule has 0 heteroatoms. The monoisotopic (exact) mass is 262 g/mol. The summed E-state index contributed by atoms with van der Waals surface area (Å²) in [6.07, 6.45) is 22.0. The molecule has 0 unspecified atom stereocenters. The van der Waals surface area contributed by atoms with Crippen LogP contribution in [0.4, 0.5) is 0 Å². The first-order valence-electron chi connectivity index (χ1n) is 7.73. The molecular weight excluding hydrogens is 240 g/mol. The van der Waals surface area contributed by atoms with E-state index in [4.69, 9.17) is 0 Å². The topological polar surface area (TPSA) is 0 Å². The maximum atomic E-state index is 2.40. The third-order valence-corrected chi connectivity index (χ3v) is 4.24. The molecule has 0 nitrogen and oxygen atoms in total. The standard InChI is InChI=1S/C20H22/c1-2-4-10-19(9-3-1)20-15-13-18(14-16-20)12-11-17-7-5-6-8-17/h1-4,9,11-17H,5-8,10H2. The van der Waals surface area contributed by atoms with Gasteiger partial charge >= 0.3 is 0 Å². The molecule has 20 heavy (non-hydrogen) atoms. The van der Waals surface area contributed by atoms with Crippen molar-refractivity contribution in [3.8, 4) is 0 Å². The SMILES string of the molecule is C1=CC=C(c2ccc(C=CC3CCCC3)cc2)CC=C1.